The second-order valence-corrected chi connectivity index (χ2v) is 7.61. The van der Waals surface area contributed by atoms with Crippen molar-refractivity contribution in [3.8, 4) is 5.75 Å². The number of rotatable bonds is 1. The van der Waals surface area contributed by atoms with Crippen LogP contribution in [-0.4, -0.2) is 49.5 Å². The maximum atomic E-state index is 13.1. The van der Waals surface area contributed by atoms with Crippen LogP contribution in [0.1, 0.15) is 22.3 Å². The Hall–Kier alpha value is -3.37. The number of hydrogen-bond acceptors (Lipinski definition) is 9. The van der Waals surface area contributed by atoms with Crippen LogP contribution in [0.3, 0.4) is 0 Å². The Morgan fingerprint density at radius 3 is 2.45 bits per heavy atom. The monoisotopic (exact) mass is 401 g/mol. The fourth-order valence-electron chi connectivity index (χ4n) is 4.74. The van der Waals surface area contributed by atoms with Crippen molar-refractivity contribution in [1.29, 1.82) is 0 Å². The van der Waals surface area contributed by atoms with Crippen LogP contribution in [0, 0.1) is 11.8 Å². The predicted octanol–water partition coefficient (Wildman–Crippen LogP) is -0.900. The van der Waals surface area contributed by atoms with E-state index >= 15 is 0 Å². The molecule has 10 nitrogen and oxygen atoms in total. The fraction of sp³-hybridized carbons (Fsp3) is 0.316. The largest absolute Gasteiger partial charge is 0.510 e. The molecule has 0 spiro atoms. The van der Waals surface area contributed by atoms with E-state index in [1.54, 1.807) is 0 Å². The number of ketones is 2. The van der Waals surface area contributed by atoms with E-state index in [2.05, 4.69) is 0 Å². The minimum Gasteiger partial charge on any atom is -0.510 e. The third kappa shape index (κ3) is 2.21. The lowest BCUT2D eigenvalue weighted by Gasteiger charge is -2.47. The molecular weight excluding hydrogens is 382 g/mol. The summed E-state index contributed by atoms with van der Waals surface area (Å²) in [6.07, 6.45) is 0.0839. The van der Waals surface area contributed by atoms with E-state index in [9.17, 15) is 34.8 Å². The summed E-state index contributed by atoms with van der Waals surface area (Å²) < 4.78 is 0. The molecule has 10 heteroatoms. The summed E-state index contributed by atoms with van der Waals surface area (Å²) in [7, 11) is 0. The van der Waals surface area contributed by atoms with Crippen LogP contribution in [0.2, 0.25) is 0 Å². The molecule has 0 bridgehead atoms. The molecule has 1 aromatic carbocycles. The number of aromatic hydroxyl groups is 1. The van der Waals surface area contributed by atoms with Gasteiger partial charge in [0.15, 0.2) is 11.4 Å². The second kappa shape index (κ2) is 5.82. The number of Topliss-reactive ketones (excluding diaryl/α,β-unsaturated/α-hetero) is 2. The second-order valence-electron chi connectivity index (χ2n) is 7.61. The Morgan fingerprint density at radius 2 is 1.83 bits per heavy atom. The number of fused-ring (bicyclic) bond motifs is 3. The molecule has 0 unspecified atom stereocenters. The first kappa shape index (κ1) is 19.0. The van der Waals surface area contributed by atoms with Gasteiger partial charge in [0.1, 0.15) is 22.8 Å². The quantitative estimate of drug-likeness (QED) is 0.176. The van der Waals surface area contributed by atoms with Gasteiger partial charge in [-0.25, -0.2) is 0 Å². The van der Waals surface area contributed by atoms with Gasteiger partial charge in [0.2, 0.25) is 5.78 Å². The van der Waals surface area contributed by atoms with Crippen molar-refractivity contribution in [2.24, 2.45) is 23.3 Å². The van der Waals surface area contributed by atoms with Gasteiger partial charge in [0.25, 0.3) is 5.91 Å². The van der Waals surface area contributed by atoms with E-state index in [1.807, 2.05) is 0 Å². The summed E-state index contributed by atoms with van der Waals surface area (Å²) in [6.45, 7) is 0. The summed E-state index contributed by atoms with van der Waals surface area (Å²) in [5.74, 6) is -7.39. The van der Waals surface area contributed by atoms with Crippen molar-refractivity contribution in [2.45, 2.75) is 24.5 Å². The van der Waals surface area contributed by atoms with E-state index in [0.717, 1.165) is 0 Å². The van der Waals surface area contributed by atoms with Gasteiger partial charge in [-0.3, -0.25) is 14.4 Å². The third-order valence-corrected chi connectivity index (χ3v) is 6.17. The molecule has 0 saturated heterocycles. The van der Waals surface area contributed by atoms with E-state index in [1.165, 1.54) is 12.1 Å². The summed E-state index contributed by atoms with van der Waals surface area (Å²) in [6, 6.07) is 1.30. The van der Waals surface area contributed by atoms with E-state index in [4.69, 9.17) is 17.2 Å². The smallest absolute Gasteiger partial charge is 0.255 e. The predicted molar refractivity (Wildman–Crippen MR) is 98.6 cm³/mol. The highest BCUT2D eigenvalue weighted by Crippen LogP contribution is 2.51. The molecule has 1 aromatic rings. The molecule has 0 radical (unpaired) electrons. The van der Waals surface area contributed by atoms with Gasteiger partial charge < -0.3 is 37.6 Å². The Kier molecular flexibility index (Phi) is 3.80. The molecule has 0 fully saturated rings. The minimum absolute atomic E-state index is 0.0564. The number of carbonyl (C=O) groups is 3. The zero-order valence-corrected chi connectivity index (χ0v) is 15.0. The Bertz CT molecular complexity index is 1070. The molecule has 3 aliphatic carbocycles. The average Bonchev–Trinajstić information content (AvgIpc) is 2.65. The van der Waals surface area contributed by atoms with Crippen molar-refractivity contribution < 1.29 is 34.8 Å². The minimum atomic E-state index is -2.70. The normalized spacial score (nSPS) is 31.3. The molecule has 4 atom stereocenters. The number of nitrogens with two attached hydrogens (primary N) is 3. The highest BCUT2D eigenvalue weighted by atomic mass is 16.3. The molecule has 10 N–H and O–H groups in total. The van der Waals surface area contributed by atoms with Gasteiger partial charge in [0.05, 0.1) is 11.6 Å². The van der Waals surface area contributed by atoms with Crippen LogP contribution in [0.15, 0.2) is 34.8 Å². The SMILES string of the molecule is NC(=O)C1=C(O)[C@@H](N)[C@@H]2C[C@@H]3Cc4c(N)ccc(O)c4C(=O)C3=C(O)[C@]2(O)C1=O. The van der Waals surface area contributed by atoms with Crippen molar-refractivity contribution in [3.63, 3.8) is 0 Å². The van der Waals surface area contributed by atoms with Gasteiger partial charge >= 0.3 is 0 Å². The first-order valence-corrected chi connectivity index (χ1v) is 8.86. The Labute approximate surface area is 163 Å². The number of amides is 1. The first-order valence-electron chi connectivity index (χ1n) is 8.86. The van der Waals surface area contributed by atoms with Gasteiger partial charge in [-0.1, -0.05) is 0 Å². The molecule has 3 aliphatic rings. The van der Waals surface area contributed by atoms with Crippen molar-refractivity contribution in [1.82, 2.24) is 0 Å². The van der Waals surface area contributed by atoms with E-state index < -0.39 is 58.0 Å². The van der Waals surface area contributed by atoms with Crippen molar-refractivity contribution >= 4 is 23.2 Å². The third-order valence-electron chi connectivity index (χ3n) is 6.17. The number of carbonyl (C=O) groups excluding carboxylic acids is 3. The molecule has 0 saturated carbocycles. The fourth-order valence-corrected chi connectivity index (χ4v) is 4.74. The molecular formula is C19H19N3O7. The van der Waals surface area contributed by atoms with Crippen LogP contribution in [0.25, 0.3) is 0 Å². The standard InChI is InChI=1S/C19H19N3O7/c20-8-1-2-9(23)11-6(8)3-5-4-7-13(21)15(25)12(18(22)28)17(27)19(7,29)16(26)10(5)14(11)24/h1-2,5,7,13,23,25-26,29H,3-4,20-21H2,(H2,22,28)/t5-,7-,13-,19-/m0/s1. The molecule has 152 valence electrons. The topological polar surface area (TPSA) is 210 Å². The summed E-state index contributed by atoms with van der Waals surface area (Å²) in [5.41, 5.74) is 13.7. The zero-order valence-electron chi connectivity index (χ0n) is 15.0. The van der Waals surface area contributed by atoms with E-state index in [-0.39, 0.29) is 35.4 Å². The van der Waals surface area contributed by atoms with Crippen LogP contribution < -0.4 is 17.2 Å². The maximum Gasteiger partial charge on any atom is 0.255 e. The molecule has 0 heterocycles. The van der Waals surface area contributed by atoms with Crippen LogP contribution in [-0.2, 0) is 16.0 Å². The van der Waals surface area contributed by atoms with Crippen molar-refractivity contribution in [2.75, 3.05) is 5.73 Å². The Balaban J connectivity index is 1.96. The highest BCUT2D eigenvalue weighted by Gasteiger charge is 2.62. The molecule has 0 aliphatic heterocycles. The van der Waals surface area contributed by atoms with Crippen LogP contribution >= 0.6 is 0 Å². The number of hydrogen-bond donors (Lipinski definition) is 7. The summed E-state index contributed by atoms with van der Waals surface area (Å²) in [4.78, 5) is 37.6. The average molecular weight is 401 g/mol. The maximum absolute atomic E-state index is 13.1. The lowest BCUT2D eigenvalue weighted by atomic mass is 9.59. The van der Waals surface area contributed by atoms with Gasteiger partial charge in [-0.05, 0) is 36.5 Å². The number of anilines is 1. The van der Waals surface area contributed by atoms with Gasteiger partial charge in [0, 0.05) is 17.2 Å². The van der Waals surface area contributed by atoms with Crippen LogP contribution in [0.5, 0.6) is 5.75 Å². The highest BCUT2D eigenvalue weighted by molar-refractivity contribution is 6.24. The number of primary amides is 1. The number of aliphatic hydroxyl groups excluding tert-OH is 2. The molecule has 29 heavy (non-hydrogen) atoms. The lowest BCUT2D eigenvalue weighted by molar-refractivity contribution is -0.145. The number of allylic oxidation sites excluding steroid dienone is 1. The molecule has 1 amide bonds. The summed E-state index contributed by atoms with van der Waals surface area (Å²) >= 11 is 0. The van der Waals surface area contributed by atoms with Crippen molar-refractivity contribution in [3.05, 3.63) is 45.9 Å². The lowest BCUT2D eigenvalue weighted by Crippen LogP contribution is -2.63. The van der Waals surface area contributed by atoms with Gasteiger partial charge in [-0.2, -0.15) is 0 Å². The zero-order chi connectivity index (χ0) is 21.4. The Morgan fingerprint density at radius 1 is 1.17 bits per heavy atom. The number of phenols is 1. The number of phenolic OH excluding ortho intramolecular Hbond substituents is 1. The molecule has 0 aromatic heterocycles. The number of benzene rings is 1. The summed E-state index contributed by atoms with van der Waals surface area (Å²) in [5, 5.41) is 42.3. The van der Waals surface area contributed by atoms with Crippen LogP contribution in [0.4, 0.5) is 5.69 Å². The first-order chi connectivity index (χ1) is 13.5. The number of nitrogen functional groups attached to an aromatic ring is 1. The number of aliphatic hydroxyl groups is 3. The van der Waals surface area contributed by atoms with E-state index in [0.29, 0.717) is 5.56 Å². The van der Waals surface area contributed by atoms with Gasteiger partial charge in [-0.15, -0.1) is 0 Å². The molecule has 4 rings (SSSR count).